The lowest BCUT2D eigenvalue weighted by Crippen LogP contribution is -2.27. The fourth-order valence-electron chi connectivity index (χ4n) is 4.15. The van der Waals surface area contributed by atoms with Gasteiger partial charge in [0.15, 0.2) is 0 Å². The second-order valence-electron chi connectivity index (χ2n) is 8.31. The Balaban J connectivity index is 1.42. The van der Waals surface area contributed by atoms with Gasteiger partial charge in [-0.3, -0.25) is 14.4 Å². The van der Waals surface area contributed by atoms with E-state index in [0.717, 1.165) is 27.7 Å². The number of carbonyl (C=O) groups is 3. The Kier molecular flexibility index (Phi) is 6.36. The van der Waals surface area contributed by atoms with Crippen LogP contribution in [0.2, 0.25) is 0 Å². The predicted molar refractivity (Wildman–Crippen MR) is 128 cm³/mol. The van der Waals surface area contributed by atoms with E-state index in [2.05, 4.69) is 20.6 Å². The molecule has 4 rings (SSSR count). The van der Waals surface area contributed by atoms with Crippen LogP contribution in [0.25, 0.3) is 21.8 Å². The molecule has 0 radical (unpaired) electrons. The van der Waals surface area contributed by atoms with Crippen LogP contribution in [0.1, 0.15) is 44.1 Å². The van der Waals surface area contributed by atoms with Gasteiger partial charge >= 0.3 is 0 Å². The van der Waals surface area contributed by atoms with Crippen LogP contribution in [-0.4, -0.2) is 40.8 Å². The molecule has 176 valence electrons. The zero-order valence-electron chi connectivity index (χ0n) is 19.0. The number of aromatic amines is 2. The third-order valence-electron chi connectivity index (χ3n) is 5.87. The maximum atomic E-state index is 14.2. The minimum absolute atomic E-state index is 0.0645. The number of primary amides is 1. The van der Waals surface area contributed by atoms with Crippen LogP contribution in [0, 0.1) is 19.7 Å². The summed E-state index contributed by atoms with van der Waals surface area (Å²) in [5, 5.41) is 7.11. The Labute approximate surface area is 195 Å². The molecular weight excluding hydrogens is 437 g/mol. The van der Waals surface area contributed by atoms with Gasteiger partial charge in [-0.25, -0.2) is 4.39 Å². The number of amides is 3. The summed E-state index contributed by atoms with van der Waals surface area (Å²) in [6.07, 6.45) is 0.618. The smallest absolute Gasteiger partial charge is 0.267 e. The number of benzene rings is 2. The van der Waals surface area contributed by atoms with Crippen molar-refractivity contribution in [3.8, 4) is 0 Å². The molecule has 2 aromatic carbocycles. The quantitative estimate of drug-likeness (QED) is 0.275. The molecular formula is C25H26FN5O3. The molecule has 6 N–H and O–H groups in total. The van der Waals surface area contributed by atoms with E-state index in [1.54, 1.807) is 30.3 Å². The Morgan fingerprint density at radius 1 is 0.971 bits per heavy atom. The van der Waals surface area contributed by atoms with Crippen molar-refractivity contribution in [2.24, 2.45) is 5.73 Å². The summed E-state index contributed by atoms with van der Waals surface area (Å²) in [5.41, 5.74) is 9.92. The lowest BCUT2D eigenvalue weighted by molar-refractivity contribution is -0.117. The SMILES string of the molecule is Cc1[nH]c2c(F)ccc(C)c2c1CCNC(=O)c1cc2cc(C(=O)NCCC(N)=O)ccc2[nH]1. The monoisotopic (exact) mass is 463 g/mol. The first-order valence-corrected chi connectivity index (χ1v) is 11.0. The molecule has 2 heterocycles. The molecule has 2 aromatic heterocycles. The first kappa shape index (κ1) is 23.0. The number of hydrogen-bond donors (Lipinski definition) is 5. The Bertz CT molecular complexity index is 1420. The van der Waals surface area contributed by atoms with Gasteiger partial charge in [0, 0.05) is 47.1 Å². The normalized spacial score (nSPS) is 11.1. The summed E-state index contributed by atoms with van der Waals surface area (Å²) in [6, 6.07) is 9.92. The fraction of sp³-hybridized carbons (Fsp3) is 0.240. The van der Waals surface area contributed by atoms with Crippen LogP contribution < -0.4 is 16.4 Å². The first-order chi connectivity index (χ1) is 16.2. The van der Waals surface area contributed by atoms with Crippen molar-refractivity contribution >= 4 is 39.5 Å². The van der Waals surface area contributed by atoms with Crippen molar-refractivity contribution in [2.45, 2.75) is 26.7 Å². The maximum absolute atomic E-state index is 14.2. The molecule has 0 spiro atoms. The summed E-state index contributed by atoms with van der Waals surface area (Å²) >= 11 is 0. The lowest BCUT2D eigenvalue weighted by atomic mass is 10.0. The highest BCUT2D eigenvalue weighted by molar-refractivity contribution is 6.01. The third-order valence-corrected chi connectivity index (χ3v) is 5.87. The van der Waals surface area contributed by atoms with Gasteiger partial charge in [0.25, 0.3) is 11.8 Å². The molecule has 0 aliphatic carbocycles. The van der Waals surface area contributed by atoms with E-state index in [1.165, 1.54) is 6.07 Å². The molecule has 9 heteroatoms. The van der Waals surface area contributed by atoms with E-state index in [1.807, 2.05) is 13.8 Å². The molecule has 34 heavy (non-hydrogen) atoms. The van der Waals surface area contributed by atoms with Gasteiger partial charge in [0.05, 0.1) is 5.52 Å². The third kappa shape index (κ3) is 4.63. The molecule has 0 aliphatic heterocycles. The first-order valence-electron chi connectivity index (χ1n) is 11.0. The highest BCUT2D eigenvalue weighted by atomic mass is 19.1. The summed E-state index contributed by atoms with van der Waals surface area (Å²) in [6.45, 7) is 4.38. The number of aromatic nitrogens is 2. The van der Waals surface area contributed by atoms with Gasteiger partial charge in [-0.15, -0.1) is 0 Å². The predicted octanol–water partition coefficient (Wildman–Crippen LogP) is 2.98. The highest BCUT2D eigenvalue weighted by Crippen LogP contribution is 2.28. The number of H-pyrrole nitrogens is 2. The number of hydrogen-bond acceptors (Lipinski definition) is 3. The number of rotatable bonds is 8. The van der Waals surface area contributed by atoms with Crippen molar-refractivity contribution in [3.63, 3.8) is 0 Å². The van der Waals surface area contributed by atoms with Gasteiger partial charge in [0.1, 0.15) is 11.5 Å². The van der Waals surface area contributed by atoms with E-state index in [-0.39, 0.29) is 30.6 Å². The number of fused-ring (bicyclic) bond motifs is 2. The average Bonchev–Trinajstić information content (AvgIpc) is 3.37. The molecule has 4 aromatic rings. The van der Waals surface area contributed by atoms with E-state index in [4.69, 9.17) is 5.73 Å². The molecule has 0 unspecified atom stereocenters. The highest BCUT2D eigenvalue weighted by Gasteiger charge is 2.15. The van der Waals surface area contributed by atoms with Gasteiger partial charge < -0.3 is 26.3 Å². The van der Waals surface area contributed by atoms with Crippen LogP contribution in [-0.2, 0) is 11.2 Å². The van der Waals surface area contributed by atoms with Crippen LogP contribution in [0.5, 0.6) is 0 Å². The molecule has 8 nitrogen and oxygen atoms in total. The standard InChI is InChI=1S/C25H26FN5O3/c1-13-3-5-18(26)23-22(13)17(14(2)30-23)7-9-29-25(34)20-12-16-11-15(4-6-19(16)31-20)24(33)28-10-8-21(27)32/h3-6,11-12,30-31H,7-10H2,1-2H3,(H2,27,32)(H,28,33)(H,29,34). The zero-order chi connectivity index (χ0) is 24.4. The molecule has 0 saturated heterocycles. The molecule has 3 amide bonds. The molecule has 0 saturated carbocycles. The van der Waals surface area contributed by atoms with E-state index in [0.29, 0.717) is 35.1 Å². The van der Waals surface area contributed by atoms with E-state index < -0.39 is 5.91 Å². The minimum atomic E-state index is -0.487. The van der Waals surface area contributed by atoms with Crippen LogP contribution in [0.4, 0.5) is 4.39 Å². The number of nitrogens with one attached hydrogen (secondary N) is 4. The summed E-state index contributed by atoms with van der Waals surface area (Å²) in [5.74, 6) is -1.38. The fourth-order valence-corrected chi connectivity index (χ4v) is 4.15. The van der Waals surface area contributed by atoms with Gasteiger partial charge in [0.2, 0.25) is 5.91 Å². The summed E-state index contributed by atoms with van der Waals surface area (Å²) in [7, 11) is 0. The Hall–Kier alpha value is -4.14. The number of carbonyl (C=O) groups excluding carboxylic acids is 3. The van der Waals surface area contributed by atoms with E-state index in [9.17, 15) is 18.8 Å². The van der Waals surface area contributed by atoms with Gasteiger partial charge in [-0.1, -0.05) is 6.07 Å². The topological polar surface area (TPSA) is 133 Å². The van der Waals surface area contributed by atoms with E-state index >= 15 is 0 Å². The van der Waals surface area contributed by atoms with Crippen molar-refractivity contribution in [1.82, 2.24) is 20.6 Å². The Morgan fingerprint density at radius 3 is 2.50 bits per heavy atom. The van der Waals surface area contributed by atoms with Crippen LogP contribution in [0.15, 0.2) is 36.4 Å². The van der Waals surface area contributed by atoms with Crippen molar-refractivity contribution in [2.75, 3.05) is 13.1 Å². The maximum Gasteiger partial charge on any atom is 0.267 e. The average molecular weight is 464 g/mol. The second-order valence-corrected chi connectivity index (χ2v) is 8.31. The van der Waals surface area contributed by atoms with Crippen molar-refractivity contribution in [3.05, 3.63) is 70.3 Å². The van der Waals surface area contributed by atoms with Gasteiger partial charge in [-0.2, -0.15) is 0 Å². The Morgan fingerprint density at radius 2 is 1.74 bits per heavy atom. The minimum Gasteiger partial charge on any atom is -0.370 e. The molecule has 0 aliphatic rings. The van der Waals surface area contributed by atoms with Crippen molar-refractivity contribution in [1.29, 1.82) is 0 Å². The number of halogens is 1. The zero-order valence-corrected chi connectivity index (χ0v) is 19.0. The molecule has 0 fully saturated rings. The summed E-state index contributed by atoms with van der Waals surface area (Å²) in [4.78, 5) is 41.9. The van der Waals surface area contributed by atoms with Crippen LogP contribution in [0.3, 0.4) is 0 Å². The molecule has 0 atom stereocenters. The van der Waals surface area contributed by atoms with Gasteiger partial charge in [-0.05, 0) is 61.7 Å². The lowest BCUT2D eigenvalue weighted by Gasteiger charge is -2.06. The molecule has 0 bridgehead atoms. The number of aryl methyl sites for hydroxylation is 2. The second kappa shape index (κ2) is 9.38. The number of nitrogens with two attached hydrogens (primary N) is 1. The van der Waals surface area contributed by atoms with Crippen molar-refractivity contribution < 1.29 is 18.8 Å². The van der Waals surface area contributed by atoms with Crippen LogP contribution >= 0.6 is 0 Å². The largest absolute Gasteiger partial charge is 0.370 e. The summed E-state index contributed by atoms with van der Waals surface area (Å²) < 4.78 is 14.2.